The van der Waals surface area contributed by atoms with Crippen molar-refractivity contribution in [3.63, 3.8) is 0 Å². The Kier molecular flexibility index (Phi) is 4.76. The normalized spacial score (nSPS) is 20.9. The molecule has 0 bridgehead atoms. The van der Waals surface area contributed by atoms with Crippen molar-refractivity contribution in [2.24, 2.45) is 0 Å². The summed E-state index contributed by atoms with van der Waals surface area (Å²) >= 11 is 0. The molecule has 1 aromatic carbocycles. The van der Waals surface area contributed by atoms with Crippen LogP contribution in [0.5, 0.6) is 5.75 Å². The summed E-state index contributed by atoms with van der Waals surface area (Å²) in [4.78, 5) is 11.8. The van der Waals surface area contributed by atoms with Crippen molar-refractivity contribution in [1.82, 2.24) is 5.32 Å². The average molecular weight is 289 g/mol. The van der Waals surface area contributed by atoms with E-state index >= 15 is 0 Å². The number of carbonyl (C=O) groups is 1. The van der Waals surface area contributed by atoms with Gasteiger partial charge in [0.15, 0.2) is 0 Å². The highest BCUT2D eigenvalue weighted by molar-refractivity contribution is 5.80. The SMILES string of the molecule is O=C(NCCOc1cccc2c1CCCC2)C1CCCO1. The average Bonchev–Trinajstić information content (AvgIpc) is 3.06. The van der Waals surface area contributed by atoms with Crippen LogP contribution in [-0.4, -0.2) is 31.8 Å². The van der Waals surface area contributed by atoms with Gasteiger partial charge < -0.3 is 14.8 Å². The predicted molar refractivity (Wildman–Crippen MR) is 80.6 cm³/mol. The Balaban J connectivity index is 1.46. The Labute approximate surface area is 125 Å². The van der Waals surface area contributed by atoms with Gasteiger partial charge in [-0.15, -0.1) is 0 Å². The van der Waals surface area contributed by atoms with E-state index in [4.69, 9.17) is 9.47 Å². The highest BCUT2D eigenvalue weighted by atomic mass is 16.5. The number of amides is 1. The maximum Gasteiger partial charge on any atom is 0.249 e. The van der Waals surface area contributed by atoms with Crippen molar-refractivity contribution < 1.29 is 14.3 Å². The minimum Gasteiger partial charge on any atom is -0.491 e. The van der Waals surface area contributed by atoms with E-state index in [0.29, 0.717) is 19.8 Å². The van der Waals surface area contributed by atoms with Crippen molar-refractivity contribution in [3.8, 4) is 5.75 Å². The highest BCUT2D eigenvalue weighted by Crippen LogP contribution is 2.29. The fourth-order valence-corrected chi connectivity index (χ4v) is 3.12. The molecule has 1 heterocycles. The quantitative estimate of drug-likeness (QED) is 0.846. The summed E-state index contributed by atoms with van der Waals surface area (Å²) in [7, 11) is 0. The largest absolute Gasteiger partial charge is 0.491 e. The fraction of sp³-hybridized carbons (Fsp3) is 0.588. The first-order chi connectivity index (χ1) is 10.3. The van der Waals surface area contributed by atoms with Gasteiger partial charge in [-0.3, -0.25) is 4.79 Å². The van der Waals surface area contributed by atoms with Gasteiger partial charge in [-0.05, 0) is 55.7 Å². The number of aryl methyl sites for hydroxylation is 1. The van der Waals surface area contributed by atoms with Gasteiger partial charge in [0, 0.05) is 6.61 Å². The van der Waals surface area contributed by atoms with Gasteiger partial charge in [-0.25, -0.2) is 0 Å². The minimum atomic E-state index is -0.255. The number of carbonyl (C=O) groups excluding carboxylic acids is 1. The molecule has 0 spiro atoms. The summed E-state index contributed by atoms with van der Waals surface area (Å²) in [5.41, 5.74) is 2.77. The van der Waals surface area contributed by atoms with Crippen LogP contribution in [0.25, 0.3) is 0 Å². The Bertz CT molecular complexity index is 495. The molecule has 1 saturated heterocycles. The molecule has 1 aliphatic carbocycles. The van der Waals surface area contributed by atoms with Gasteiger partial charge in [0.2, 0.25) is 5.91 Å². The standard InChI is InChI=1S/C17H23NO3/c19-17(16-9-4-11-20-16)18-10-12-21-15-8-3-6-13-5-1-2-7-14(13)15/h3,6,8,16H,1-2,4-5,7,9-12H2,(H,18,19). The maximum atomic E-state index is 11.8. The first-order valence-corrected chi connectivity index (χ1v) is 7.97. The van der Waals surface area contributed by atoms with Crippen LogP contribution in [0.15, 0.2) is 18.2 Å². The molecule has 0 aromatic heterocycles. The van der Waals surface area contributed by atoms with Crippen molar-refractivity contribution in [2.45, 2.75) is 44.6 Å². The Hall–Kier alpha value is -1.55. The third-order valence-electron chi connectivity index (χ3n) is 4.23. The maximum absolute atomic E-state index is 11.8. The minimum absolute atomic E-state index is 0.00816. The number of hydrogen-bond acceptors (Lipinski definition) is 3. The van der Waals surface area contributed by atoms with E-state index in [1.165, 1.54) is 24.0 Å². The van der Waals surface area contributed by atoms with Gasteiger partial charge >= 0.3 is 0 Å². The van der Waals surface area contributed by atoms with Crippen LogP contribution in [0, 0.1) is 0 Å². The second kappa shape index (κ2) is 6.94. The smallest absolute Gasteiger partial charge is 0.249 e. The van der Waals surface area contributed by atoms with Crippen LogP contribution < -0.4 is 10.1 Å². The van der Waals surface area contributed by atoms with Gasteiger partial charge in [-0.1, -0.05) is 12.1 Å². The Morgan fingerprint density at radius 3 is 3.05 bits per heavy atom. The molecule has 0 saturated carbocycles. The molecular formula is C17H23NO3. The lowest BCUT2D eigenvalue weighted by atomic mass is 9.91. The van der Waals surface area contributed by atoms with Crippen molar-refractivity contribution in [3.05, 3.63) is 29.3 Å². The van der Waals surface area contributed by atoms with Gasteiger partial charge in [0.1, 0.15) is 18.5 Å². The van der Waals surface area contributed by atoms with Crippen LogP contribution in [0.4, 0.5) is 0 Å². The van der Waals surface area contributed by atoms with E-state index in [1.54, 1.807) is 0 Å². The molecule has 1 aromatic rings. The Morgan fingerprint density at radius 1 is 1.29 bits per heavy atom. The zero-order chi connectivity index (χ0) is 14.5. The van der Waals surface area contributed by atoms with Crippen LogP contribution >= 0.6 is 0 Å². The van der Waals surface area contributed by atoms with Crippen molar-refractivity contribution >= 4 is 5.91 Å². The highest BCUT2D eigenvalue weighted by Gasteiger charge is 2.23. The molecule has 1 N–H and O–H groups in total. The number of hydrogen-bond donors (Lipinski definition) is 1. The second-order valence-electron chi connectivity index (χ2n) is 5.74. The molecule has 21 heavy (non-hydrogen) atoms. The fourth-order valence-electron chi connectivity index (χ4n) is 3.12. The summed E-state index contributed by atoms with van der Waals surface area (Å²) in [5, 5.41) is 2.89. The third kappa shape index (κ3) is 3.56. The van der Waals surface area contributed by atoms with Crippen LogP contribution in [0.2, 0.25) is 0 Å². The van der Waals surface area contributed by atoms with Gasteiger partial charge in [-0.2, -0.15) is 0 Å². The molecule has 4 heteroatoms. The molecule has 4 nitrogen and oxygen atoms in total. The lowest BCUT2D eigenvalue weighted by molar-refractivity contribution is -0.130. The van der Waals surface area contributed by atoms with E-state index in [1.807, 2.05) is 6.07 Å². The molecule has 114 valence electrons. The van der Waals surface area contributed by atoms with Crippen LogP contribution in [-0.2, 0) is 22.4 Å². The van der Waals surface area contributed by atoms with E-state index in [2.05, 4.69) is 17.4 Å². The van der Waals surface area contributed by atoms with E-state index in [0.717, 1.165) is 31.4 Å². The van der Waals surface area contributed by atoms with E-state index < -0.39 is 0 Å². The second-order valence-corrected chi connectivity index (χ2v) is 5.74. The summed E-state index contributed by atoms with van der Waals surface area (Å²) in [5.74, 6) is 0.977. The number of rotatable bonds is 5. The van der Waals surface area contributed by atoms with Crippen LogP contribution in [0.1, 0.15) is 36.8 Å². The topological polar surface area (TPSA) is 47.6 Å². The third-order valence-corrected chi connectivity index (χ3v) is 4.23. The van der Waals surface area contributed by atoms with E-state index in [9.17, 15) is 4.79 Å². The molecule has 2 aliphatic rings. The lowest BCUT2D eigenvalue weighted by Crippen LogP contribution is -2.36. The monoisotopic (exact) mass is 289 g/mol. The molecule has 1 amide bonds. The van der Waals surface area contributed by atoms with Crippen molar-refractivity contribution in [2.75, 3.05) is 19.8 Å². The van der Waals surface area contributed by atoms with Crippen molar-refractivity contribution in [1.29, 1.82) is 0 Å². The Morgan fingerprint density at radius 2 is 2.19 bits per heavy atom. The predicted octanol–water partition coefficient (Wildman–Crippen LogP) is 2.24. The lowest BCUT2D eigenvalue weighted by Gasteiger charge is -2.19. The summed E-state index contributed by atoms with van der Waals surface area (Å²) in [6.07, 6.45) is 6.32. The molecule has 1 aliphatic heterocycles. The summed E-state index contributed by atoms with van der Waals surface area (Å²) in [6, 6.07) is 6.29. The number of nitrogens with one attached hydrogen (secondary N) is 1. The zero-order valence-corrected chi connectivity index (χ0v) is 12.4. The number of benzene rings is 1. The van der Waals surface area contributed by atoms with E-state index in [-0.39, 0.29) is 12.0 Å². The molecule has 3 rings (SSSR count). The summed E-state index contributed by atoms with van der Waals surface area (Å²) < 4.78 is 11.2. The van der Waals surface area contributed by atoms with Gasteiger partial charge in [0.25, 0.3) is 0 Å². The van der Waals surface area contributed by atoms with Gasteiger partial charge in [0.05, 0.1) is 6.54 Å². The molecule has 1 unspecified atom stereocenters. The molecule has 0 radical (unpaired) electrons. The number of fused-ring (bicyclic) bond motifs is 1. The zero-order valence-electron chi connectivity index (χ0n) is 12.4. The summed E-state index contributed by atoms with van der Waals surface area (Å²) in [6.45, 7) is 1.74. The first kappa shape index (κ1) is 14.4. The first-order valence-electron chi connectivity index (χ1n) is 7.97. The van der Waals surface area contributed by atoms with Crippen LogP contribution in [0.3, 0.4) is 0 Å². The molecule has 1 atom stereocenters. The molecular weight excluding hydrogens is 266 g/mol. The number of ether oxygens (including phenoxy) is 2. The molecule has 1 fully saturated rings.